The highest BCUT2D eigenvalue weighted by atomic mass is 35.5. The highest BCUT2D eigenvalue weighted by Crippen LogP contribution is 2.27. The quantitative estimate of drug-likeness (QED) is 0.661. The molecule has 0 heterocycles. The minimum atomic E-state index is -4.13. The van der Waals surface area contributed by atoms with Crippen LogP contribution < -0.4 is 10.0 Å². The summed E-state index contributed by atoms with van der Waals surface area (Å²) >= 11 is 6.02. The first kappa shape index (κ1) is 22.2. The summed E-state index contributed by atoms with van der Waals surface area (Å²) in [6.07, 6.45) is 0. The number of sulfonamides is 1. The molecule has 0 aromatic heterocycles. The second kappa shape index (κ2) is 8.93. The van der Waals surface area contributed by atoms with E-state index in [9.17, 15) is 22.8 Å². The number of hydrogen-bond acceptors (Lipinski definition) is 7. The molecule has 2 N–H and O–H groups in total. The van der Waals surface area contributed by atoms with Crippen molar-refractivity contribution in [3.05, 3.63) is 52.5 Å². The third-order valence-corrected chi connectivity index (χ3v) is 5.28. The van der Waals surface area contributed by atoms with Crippen LogP contribution in [0.5, 0.6) is 0 Å². The van der Waals surface area contributed by atoms with E-state index in [0.717, 1.165) is 20.3 Å². The first-order valence-electron chi connectivity index (χ1n) is 7.99. The number of carbonyl (C=O) groups excluding carboxylic acids is 3. The van der Waals surface area contributed by atoms with E-state index in [-0.39, 0.29) is 38.3 Å². The van der Waals surface area contributed by atoms with Gasteiger partial charge in [-0.15, -0.1) is 0 Å². The lowest BCUT2D eigenvalue weighted by Crippen LogP contribution is -2.15. The van der Waals surface area contributed by atoms with Crippen LogP contribution in [0.25, 0.3) is 0 Å². The first-order chi connectivity index (χ1) is 13.6. The van der Waals surface area contributed by atoms with E-state index in [2.05, 4.69) is 19.5 Å². The predicted octanol–water partition coefficient (Wildman–Crippen LogP) is 2.67. The van der Waals surface area contributed by atoms with Gasteiger partial charge in [0.05, 0.1) is 46.6 Å². The molecule has 0 fully saturated rings. The van der Waals surface area contributed by atoms with Gasteiger partial charge in [-0.05, 0) is 36.4 Å². The van der Waals surface area contributed by atoms with Gasteiger partial charge in [0.1, 0.15) is 0 Å². The molecule has 0 spiro atoms. The van der Waals surface area contributed by atoms with Gasteiger partial charge in [-0.2, -0.15) is 0 Å². The topological polar surface area (TPSA) is 128 Å². The molecule has 1 amide bonds. The number of ether oxygens (including phenoxy) is 2. The molecular weight excluding hydrogens is 424 g/mol. The van der Waals surface area contributed by atoms with Crippen LogP contribution in [0.1, 0.15) is 27.6 Å². The van der Waals surface area contributed by atoms with E-state index in [1.54, 1.807) is 0 Å². The Morgan fingerprint density at radius 2 is 1.48 bits per heavy atom. The van der Waals surface area contributed by atoms with Crippen LogP contribution >= 0.6 is 11.6 Å². The fourth-order valence-electron chi connectivity index (χ4n) is 2.33. The van der Waals surface area contributed by atoms with Crippen LogP contribution in [0.4, 0.5) is 11.4 Å². The van der Waals surface area contributed by atoms with E-state index < -0.39 is 22.0 Å². The van der Waals surface area contributed by atoms with Crippen LogP contribution in [0.15, 0.2) is 41.3 Å². The molecule has 0 bridgehead atoms. The van der Waals surface area contributed by atoms with Gasteiger partial charge in [0, 0.05) is 6.92 Å². The number of hydrogen-bond donors (Lipinski definition) is 2. The summed E-state index contributed by atoms with van der Waals surface area (Å²) in [5.74, 6) is -1.89. The molecule has 2 aromatic rings. The third-order valence-electron chi connectivity index (χ3n) is 3.59. The number of rotatable bonds is 6. The molecule has 9 nitrogen and oxygen atoms in total. The largest absolute Gasteiger partial charge is 0.465 e. The van der Waals surface area contributed by atoms with Crippen LogP contribution in [0.3, 0.4) is 0 Å². The summed E-state index contributed by atoms with van der Waals surface area (Å²) in [6.45, 7) is 1.29. The van der Waals surface area contributed by atoms with Crippen LogP contribution in [-0.2, 0) is 24.3 Å². The molecule has 0 saturated heterocycles. The summed E-state index contributed by atoms with van der Waals surface area (Å²) in [6, 6.07) is 7.37. The molecule has 0 unspecified atom stereocenters. The average molecular weight is 441 g/mol. The number of benzene rings is 2. The number of nitrogens with one attached hydrogen (secondary N) is 2. The molecule has 0 aliphatic carbocycles. The molecule has 0 saturated carbocycles. The van der Waals surface area contributed by atoms with Crippen molar-refractivity contribution in [1.82, 2.24) is 0 Å². The van der Waals surface area contributed by atoms with Crippen molar-refractivity contribution in [2.75, 3.05) is 24.3 Å². The Morgan fingerprint density at radius 3 is 1.93 bits per heavy atom. The Morgan fingerprint density at radius 1 is 0.931 bits per heavy atom. The number of esters is 2. The minimum Gasteiger partial charge on any atom is -0.465 e. The fraction of sp³-hybridized carbons (Fsp3) is 0.167. The van der Waals surface area contributed by atoms with E-state index in [0.29, 0.717) is 0 Å². The second-order valence-electron chi connectivity index (χ2n) is 5.71. The van der Waals surface area contributed by atoms with Crippen molar-refractivity contribution in [3.8, 4) is 0 Å². The Hall–Kier alpha value is -3.11. The monoisotopic (exact) mass is 440 g/mol. The first-order valence-corrected chi connectivity index (χ1v) is 9.85. The highest BCUT2D eigenvalue weighted by Gasteiger charge is 2.20. The number of carbonyl (C=O) groups is 3. The number of amides is 1. The van der Waals surface area contributed by atoms with E-state index in [1.807, 2.05) is 0 Å². The maximum absolute atomic E-state index is 12.7. The second-order valence-corrected chi connectivity index (χ2v) is 7.80. The molecule has 154 valence electrons. The number of halogens is 1. The minimum absolute atomic E-state index is 0.0154. The van der Waals surface area contributed by atoms with Crippen molar-refractivity contribution in [2.24, 2.45) is 0 Å². The Labute approximate surface area is 172 Å². The molecule has 2 rings (SSSR count). The van der Waals surface area contributed by atoms with E-state index in [1.165, 1.54) is 37.3 Å². The molecule has 0 aliphatic heterocycles. The number of methoxy groups -OCH3 is 2. The number of anilines is 2. The fourth-order valence-corrected chi connectivity index (χ4v) is 3.68. The summed E-state index contributed by atoms with van der Waals surface area (Å²) in [4.78, 5) is 34.6. The highest BCUT2D eigenvalue weighted by molar-refractivity contribution is 7.92. The van der Waals surface area contributed by atoms with Gasteiger partial charge in [-0.3, -0.25) is 9.52 Å². The molecule has 0 radical (unpaired) electrons. The zero-order valence-corrected chi connectivity index (χ0v) is 17.2. The third kappa shape index (κ3) is 5.46. The standard InChI is InChI=1S/C18H17ClN2O7S/c1-10(22)20-16-5-4-14(9-15(16)19)29(25,26)21-13-7-11(17(23)27-2)6-12(8-13)18(24)28-3/h4-9,21H,1-3H3,(H,20,22). The van der Waals surface area contributed by atoms with Crippen molar-refractivity contribution in [2.45, 2.75) is 11.8 Å². The predicted molar refractivity (Wildman–Crippen MR) is 106 cm³/mol. The molecule has 29 heavy (non-hydrogen) atoms. The summed E-state index contributed by atoms with van der Waals surface area (Å²) in [5.41, 5.74) is 0.0911. The van der Waals surface area contributed by atoms with Crippen molar-refractivity contribution in [1.29, 1.82) is 0 Å². The lowest BCUT2D eigenvalue weighted by atomic mass is 10.1. The average Bonchev–Trinajstić information content (AvgIpc) is 2.67. The molecule has 0 aliphatic rings. The van der Waals surface area contributed by atoms with Gasteiger partial charge in [-0.25, -0.2) is 18.0 Å². The zero-order valence-electron chi connectivity index (χ0n) is 15.6. The van der Waals surface area contributed by atoms with Crippen molar-refractivity contribution in [3.63, 3.8) is 0 Å². The van der Waals surface area contributed by atoms with E-state index in [4.69, 9.17) is 11.6 Å². The normalized spacial score (nSPS) is 10.8. The smallest absolute Gasteiger partial charge is 0.337 e. The van der Waals surface area contributed by atoms with Crippen molar-refractivity contribution < 1.29 is 32.3 Å². The van der Waals surface area contributed by atoms with Gasteiger partial charge in [0.15, 0.2) is 0 Å². The lowest BCUT2D eigenvalue weighted by molar-refractivity contribution is -0.114. The van der Waals surface area contributed by atoms with Crippen LogP contribution in [0, 0.1) is 0 Å². The Bertz CT molecular complexity index is 1050. The van der Waals surface area contributed by atoms with Gasteiger partial charge in [-0.1, -0.05) is 11.6 Å². The Kier molecular flexibility index (Phi) is 6.83. The van der Waals surface area contributed by atoms with E-state index >= 15 is 0 Å². The van der Waals surface area contributed by atoms with Gasteiger partial charge >= 0.3 is 11.9 Å². The maximum atomic E-state index is 12.7. The van der Waals surface area contributed by atoms with Crippen molar-refractivity contribution >= 4 is 50.8 Å². The lowest BCUT2D eigenvalue weighted by Gasteiger charge is -2.12. The van der Waals surface area contributed by atoms with Gasteiger partial charge in [0.2, 0.25) is 5.91 Å². The molecule has 0 atom stereocenters. The zero-order chi connectivity index (χ0) is 21.8. The van der Waals surface area contributed by atoms with Gasteiger partial charge < -0.3 is 14.8 Å². The summed E-state index contributed by atoms with van der Waals surface area (Å²) in [5, 5.41) is 2.48. The Balaban J connectivity index is 2.43. The van der Waals surface area contributed by atoms with Crippen LogP contribution in [-0.4, -0.2) is 40.5 Å². The molecule has 2 aromatic carbocycles. The SMILES string of the molecule is COC(=O)c1cc(NS(=O)(=O)c2ccc(NC(C)=O)c(Cl)c2)cc(C(=O)OC)c1. The van der Waals surface area contributed by atoms with Crippen LogP contribution in [0.2, 0.25) is 5.02 Å². The summed E-state index contributed by atoms with van der Waals surface area (Å²) in [7, 11) is -1.83. The maximum Gasteiger partial charge on any atom is 0.337 e. The molecule has 11 heteroatoms. The molecular formula is C18H17ClN2O7S. The summed E-state index contributed by atoms with van der Waals surface area (Å²) < 4.78 is 36.9. The van der Waals surface area contributed by atoms with Gasteiger partial charge in [0.25, 0.3) is 10.0 Å².